The van der Waals surface area contributed by atoms with Gasteiger partial charge in [-0.15, -0.1) is 5.10 Å². The van der Waals surface area contributed by atoms with Crippen molar-refractivity contribution in [3.63, 3.8) is 0 Å². The molecule has 3 aromatic rings. The summed E-state index contributed by atoms with van der Waals surface area (Å²) < 4.78 is 7.17. The average molecular weight is 370 g/mol. The molecule has 3 rings (SSSR count). The molecule has 0 aromatic carbocycles. The number of rotatable bonds is 6. The number of hydrogen-bond acceptors (Lipinski definition) is 5. The summed E-state index contributed by atoms with van der Waals surface area (Å²) >= 11 is 0. The smallest absolute Gasteiger partial charge is 0.216 e. The van der Waals surface area contributed by atoms with E-state index in [-0.39, 0.29) is 0 Å². The van der Waals surface area contributed by atoms with Gasteiger partial charge < -0.3 is 14.6 Å². The third-order valence-electron chi connectivity index (χ3n) is 4.15. The lowest BCUT2D eigenvalue weighted by atomic mass is 10.1. The van der Waals surface area contributed by atoms with Gasteiger partial charge in [-0.25, -0.2) is 4.98 Å². The number of aryl methyl sites for hydroxylation is 1. The van der Waals surface area contributed by atoms with Gasteiger partial charge in [-0.05, 0) is 18.1 Å². The maximum atomic E-state index is 5.31. The SMILES string of the molecule is CN=C(NCc1nc(-c2ccco2)n[nH]1)N(C)Cc1cn(C)nc1C(C)C. The van der Waals surface area contributed by atoms with Gasteiger partial charge >= 0.3 is 0 Å². The minimum absolute atomic E-state index is 0.374. The Kier molecular flexibility index (Phi) is 5.58. The second-order valence-electron chi connectivity index (χ2n) is 6.71. The summed E-state index contributed by atoms with van der Waals surface area (Å²) in [6.45, 7) is 5.50. The first-order valence-corrected chi connectivity index (χ1v) is 8.87. The number of aliphatic imine (C=N–C) groups is 1. The number of aromatic amines is 1. The Morgan fingerprint density at radius 1 is 1.44 bits per heavy atom. The second kappa shape index (κ2) is 8.07. The van der Waals surface area contributed by atoms with E-state index in [9.17, 15) is 0 Å². The van der Waals surface area contributed by atoms with Gasteiger partial charge in [0, 0.05) is 39.4 Å². The number of aromatic nitrogens is 5. The lowest BCUT2D eigenvalue weighted by molar-refractivity contribution is 0.472. The third kappa shape index (κ3) is 4.36. The molecule has 9 nitrogen and oxygen atoms in total. The molecule has 0 aliphatic carbocycles. The summed E-state index contributed by atoms with van der Waals surface area (Å²) in [5.41, 5.74) is 2.30. The Hall–Kier alpha value is -3.10. The fraction of sp³-hybridized carbons (Fsp3) is 0.444. The fourth-order valence-electron chi connectivity index (χ4n) is 2.93. The van der Waals surface area contributed by atoms with Crippen LogP contribution in [0, 0.1) is 0 Å². The van der Waals surface area contributed by atoms with E-state index in [0.29, 0.717) is 29.9 Å². The molecule has 0 spiro atoms. The molecule has 0 fully saturated rings. The molecule has 2 N–H and O–H groups in total. The Morgan fingerprint density at radius 3 is 2.93 bits per heavy atom. The van der Waals surface area contributed by atoms with Gasteiger partial charge in [0.2, 0.25) is 5.82 Å². The lowest BCUT2D eigenvalue weighted by Gasteiger charge is -2.22. The van der Waals surface area contributed by atoms with Crippen molar-refractivity contribution in [2.45, 2.75) is 32.9 Å². The van der Waals surface area contributed by atoms with Crippen LogP contribution in [0.15, 0.2) is 34.0 Å². The molecular formula is C18H26N8O. The minimum Gasteiger partial charge on any atom is -0.461 e. The van der Waals surface area contributed by atoms with Crippen molar-refractivity contribution in [1.82, 2.24) is 35.2 Å². The summed E-state index contributed by atoms with van der Waals surface area (Å²) in [6.07, 6.45) is 3.66. The minimum atomic E-state index is 0.374. The molecule has 0 saturated heterocycles. The molecule has 0 aliphatic heterocycles. The van der Waals surface area contributed by atoms with Gasteiger partial charge in [0.25, 0.3) is 0 Å². The first-order valence-electron chi connectivity index (χ1n) is 8.87. The molecule has 0 saturated carbocycles. The van der Waals surface area contributed by atoms with Gasteiger partial charge in [-0.3, -0.25) is 14.8 Å². The summed E-state index contributed by atoms with van der Waals surface area (Å²) in [5, 5.41) is 15.0. The zero-order valence-corrected chi connectivity index (χ0v) is 16.4. The van der Waals surface area contributed by atoms with E-state index in [1.165, 1.54) is 5.56 Å². The van der Waals surface area contributed by atoms with Crippen LogP contribution in [-0.2, 0) is 20.1 Å². The topological polar surface area (TPSA) is 100 Å². The number of nitrogens with zero attached hydrogens (tertiary/aromatic N) is 6. The first kappa shape index (κ1) is 18.7. The molecule has 3 heterocycles. The van der Waals surface area contributed by atoms with E-state index in [4.69, 9.17) is 4.42 Å². The average Bonchev–Trinajstić information content (AvgIpc) is 3.35. The molecule has 9 heteroatoms. The fourth-order valence-corrected chi connectivity index (χ4v) is 2.93. The van der Waals surface area contributed by atoms with Crippen LogP contribution in [-0.4, -0.2) is 49.9 Å². The van der Waals surface area contributed by atoms with Crippen molar-refractivity contribution in [3.05, 3.63) is 41.7 Å². The van der Waals surface area contributed by atoms with Gasteiger partial charge in [0.1, 0.15) is 5.82 Å². The summed E-state index contributed by atoms with van der Waals surface area (Å²) in [7, 11) is 5.71. The highest BCUT2D eigenvalue weighted by atomic mass is 16.3. The van der Waals surface area contributed by atoms with Crippen molar-refractivity contribution in [3.8, 4) is 11.6 Å². The van der Waals surface area contributed by atoms with Crippen molar-refractivity contribution in [2.24, 2.45) is 12.0 Å². The number of furan rings is 1. The highest BCUT2D eigenvalue weighted by molar-refractivity contribution is 5.79. The van der Waals surface area contributed by atoms with E-state index >= 15 is 0 Å². The quantitative estimate of drug-likeness (QED) is 0.509. The molecule has 0 aliphatic rings. The van der Waals surface area contributed by atoms with Gasteiger partial charge in [-0.1, -0.05) is 13.8 Å². The molecule has 144 valence electrons. The molecular weight excluding hydrogens is 344 g/mol. The van der Waals surface area contributed by atoms with Gasteiger partial charge in [-0.2, -0.15) is 5.10 Å². The standard InChI is InChI=1S/C18H26N8O/c1-12(2)16-13(11-26(5)24-16)10-25(4)18(19-3)20-9-15-21-17(23-22-15)14-7-6-8-27-14/h6-8,11-12H,9-10H2,1-5H3,(H,19,20)(H,21,22,23). The third-order valence-corrected chi connectivity index (χ3v) is 4.15. The van der Waals surface area contributed by atoms with Crippen LogP contribution in [0.3, 0.4) is 0 Å². The zero-order chi connectivity index (χ0) is 19.4. The lowest BCUT2D eigenvalue weighted by Crippen LogP contribution is -2.38. The van der Waals surface area contributed by atoms with Gasteiger partial charge in [0.15, 0.2) is 11.7 Å². The van der Waals surface area contributed by atoms with Crippen LogP contribution in [0.1, 0.15) is 36.8 Å². The maximum absolute atomic E-state index is 5.31. The molecule has 27 heavy (non-hydrogen) atoms. The van der Waals surface area contributed by atoms with E-state index in [0.717, 1.165) is 18.2 Å². The molecule has 3 aromatic heterocycles. The Labute approximate surface area is 158 Å². The molecule has 0 unspecified atom stereocenters. The largest absolute Gasteiger partial charge is 0.461 e. The van der Waals surface area contributed by atoms with Gasteiger partial charge in [0.05, 0.1) is 18.5 Å². The van der Waals surface area contributed by atoms with Crippen molar-refractivity contribution >= 4 is 5.96 Å². The Morgan fingerprint density at radius 2 is 2.26 bits per heavy atom. The number of guanidine groups is 1. The predicted molar refractivity (Wildman–Crippen MR) is 103 cm³/mol. The van der Waals surface area contributed by atoms with Crippen LogP contribution in [0.2, 0.25) is 0 Å². The zero-order valence-electron chi connectivity index (χ0n) is 16.4. The summed E-state index contributed by atoms with van der Waals surface area (Å²) in [4.78, 5) is 10.9. The number of hydrogen-bond donors (Lipinski definition) is 2. The van der Waals surface area contributed by atoms with E-state index in [2.05, 4.69) is 55.5 Å². The Balaban J connectivity index is 1.62. The van der Waals surface area contributed by atoms with E-state index in [1.54, 1.807) is 13.3 Å². The maximum Gasteiger partial charge on any atom is 0.216 e. The highest BCUT2D eigenvalue weighted by Crippen LogP contribution is 2.18. The monoisotopic (exact) mass is 370 g/mol. The van der Waals surface area contributed by atoms with Crippen LogP contribution in [0.5, 0.6) is 0 Å². The normalized spacial score (nSPS) is 12.0. The first-order chi connectivity index (χ1) is 13.0. The van der Waals surface area contributed by atoms with E-state index in [1.807, 2.05) is 30.9 Å². The van der Waals surface area contributed by atoms with Crippen LogP contribution in [0.4, 0.5) is 0 Å². The van der Waals surface area contributed by atoms with Crippen molar-refractivity contribution < 1.29 is 4.42 Å². The van der Waals surface area contributed by atoms with Crippen LogP contribution >= 0.6 is 0 Å². The van der Waals surface area contributed by atoms with Crippen LogP contribution < -0.4 is 5.32 Å². The molecule has 0 atom stereocenters. The summed E-state index contributed by atoms with van der Waals surface area (Å²) in [6, 6.07) is 3.64. The molecule has 0 bridgehead atoms. The van der Waals surface area contributed by atoms with Crippen molar-refractivity contribution in [2.75, 3.05) is 14.1 Å². The molecule has 0 radical (unpaired) electrons. The number of H-pyrrole nitrogens is 1. The second-order valence-corrected chi connectivity index (χ2v) is 6.71. The van der Waals surface area contributed by atoms with E-state index < -0.39 is 0 Å². The van der Waals surface area contributed by atoms with Crippen LogP contribution in [0.25, 0.3) is 11.6 Å². The summed E-state index contributed by atoms with van der Waals surface area (Å²) in [5.74, 6) is 3.03. The highest BCUT2D eigenvalue weighted by Gasteiger charge is 2.15. The molecule has 0 amide bonds. The van der Waals surface area contributed by atoms with Crippen molar-refractivity contribution in [1.29, 1.82) is 0 Å². The number of nitrogens with one attached hydrogen (secondary N) is 2. The Bertz CT molecular complexity index is 891. The predicted octanol–water partition coefficient (Wildman–Crippen LogP) is 2.13.